The molecule has 1 heterocycles. The van der Waals surface area contributed by atoms with Crippen LogP contribution in [0.25, 0.3) is 6.08 Å². The third-order valence-electron chi connectivity index (χ3n) is 4.03. The molecule has 0 saturated heterocycles. The Morgan fingerprint density at radius 1 is 0.500 bits per heavy atom. The number of rotatable bonds is 1. The van der Waals surface area contributed by atoms with Gasteiger partial charge in [0.2, 0.25) is 0 Å². The van der Waals surface area contributed by atoms with Crippen molar-refractivity contribution in [2.75, 3.05) is 92.5 Å². The molecule has 1 aliphatic heterocycles. The number of hydrogen-bond donors (Lipinski definition) is 0. The molecule has 8 nitrogen and oxygen atoms in total. The van der Waals surface area contributed by atoms with Crippen molar-refractivity contribution in [1.29, 1.82) is 0 Å². The molecule has 0 bridgehead atoms. The van der Waals surface area contributed by atoms with E-state index in [4.69, 9.17) is 37.9 Å². The van der Waals surface area contributed by atoms with Gasteiger partial charge in [0.15, 0.2) is 11.5 Å². The number of ether oxygens (including phenoxy) is 8. The lowest BCUT2D eigenvalue weighted by Crippen LogP contribution is -2.16. The van der Waals surface area contributed by atoms with E-state index in [0.717, 1.165) is 5.56 Å². The van der Waals surface area contributed by atoms with E-state index in [-0.39, 0.29) is 0 Å². The van der Waals surface area contributed by atoms with E-state index in [2.05, 4.69) is 6.58 Å². The average Bonchev–Trinajstić information content (AvgIpc) is 2.77. The van der Waals surface area contributed by atoms with Crippen LogP contribution in [-0.2, 0) is 28.4 Å². The molecule has 0 amide bonds. The second-order valence-corrected chi connectivity index (χ2v) is 6.28. The Kier molecular flexibility index (Phi) is 14.0. The summed E-state index contributed by atoms with van der Waals surface area (Å²) in [4.78, 5) is 0. The Morgan fingerprint density at radius 3 is 1.27 bits per heavy atom. The van der Waals surface area contributed by atoms with Gasteiger partial charge >= 0.3 is 0 Å². The van der Waals surface area contributed by atoms with Gasteiger partial charge in [0, 0.05) is 0 Å². The molecule has 0 saturated carbocycles. The van der Waals surface area contributed by atoms with Crippen LogP contribution in [0.5, 0.6) is 11.5 Å². The highest BCUT2D eigenvalue weighted by atomic mass is 16.6. The molecule has 1 aromatic rings. The van der Waals surface area contributed by atoms with Gasteiger partial charge in [-0.15, -0.1) is 0 Å². The SMILES string of the molecule is C=Cc1ccc2c(c1)OCCOCCOCCOCCOCCOCCOCCO2. The summed E-state index contributed by atoms with van der Waals surface area (Å²) in [6, 6.07) is 5.70. The second kappa shape index (κ2) is 17.0. The van der Waals surface area contributed by atoms with Crippen LogP contribution in [-0.4, -0.2) is 92.5 Å². The van der Waals surface area contributed by atoms with E-state index in [1.165, 1.54) is 0 Å². The van der Waals surface area contributed by atoms with Crippen LogP contribution in [0.3, 0.4) is 0 Å². The first-order chi connectivity index (χ1) is 14.9. The second-order valence-electron chi connectivity index (χ2n) is 6.28. The quantitative estimate of drug-likeness (QED) is 0.677. The van der Waals surface area contributed by atoms with Gasteiger partial charge in [-0.2, -0.15) is 0 Å². The first-order valence-electron chi connectivity index (χ1n) is 10.4. The molecule has 30 heavy (non-hydrogen) atoms. The molecule has 8 heteroatoms. The lowest BCUT2D eigenvalue weighted by Gasteiger charge is -2.14. The minimum absolute atomic E-state index is 0.411. The van der Waals surface area contributed by atoms with E-state index in [1.807, 2.05) is 18.2 Å². The van der Waals surface area contributed by atoms with Crippen molar-refractivity contribution < 1.29 is 37.9 Å². The van der Waals surface area contributed by atoms with Gasteiger partial charge in [0.1, 0.15) is 13.2 Å². The summed E-state index contributed by atoms with van der Waals surface area (Å²) in [5.74, 6) is 1.32. The zero-order chi connectivity index (χ0) is 21.1. The van der Waals surface area contributed by atoms with Gasteiger partial charge in [0.25, 0.3) is 0 Å². The molecule has 0 aliphatic carbocycles. The molecular formula is C22H34O8. The summed E-state index contributed by atoms with van der Waals surface area (Å²) in [5, 5.41) is 0. The Balaban J connectivity index is 1.77. The summed E-state index contributed by atoms with van der Waals surface area (Å²) in [6.45, 7) is 10.8. The molecule has 0 atom stereocenters. The molecule has 1 aromatic carbocycles. The fourth-order valence-electron chi connectivity index (χ4n) is 2.51. The van der Waals surface area contributed by atoms with Crippen LogP contribution in [0, 0.1) is 0 Å². The van der Waals surface area contributed by atoms with Crippen molar-refractivity contribution in [1.82, 2.24) is 0 Å². The van der Waals surface area contributed by atoms with E-state index < -0.39 is 0 Å². The van der Waals surface area contributed by atoms with E-state index in [9.17, 15) is 0 Å². The van der Waals surface area contributed by atoms with Crippen LogP contribution >= 0.6 is 0 Å². The predicted octanol–water partition coefficient (Wildman–Crippen LogP) is 2.20. The average molecular weight is 427 g/mol. The number of fused-ring (bicyclic) bond motifs is 1. The lowest BCUT2D eigenvalue weighted by atomic mass is 10.2. The highest BCUT2D eigenvalue weighted by Gasteiger charge is 2.06. The molecule has 170 valence electrons. The number of benzene rings is 1. The Morgan fingerprint density at radius 2 is 0.867 bits per heavy atom. The van der Waals surface area contributed by atoms with Crippen molar-refractivity contribution in [3.63, 3.8) is 0 Å². The van der Waals surface area contributed by atoms with Gasteiger partial charge in [-0.25, -0.2) is 0 Å². The zero-order valence-electron chi connectivity index (χ0n) is 17.7. The first kappa shape index (κ1) is 24.6. The van der Waals surface area contributed by atoms with Gasteiger partial charge < -0.3 is 37.9 Å². The summed E-state index contributed by atoms with van der Waals surface area (Å²) in [5.41, 5.74) is 0.958. The van der Waals surface area contributed by atoms with Crippen LogP contribution in [0.4, 0.5) is 0 Å². The van der Waals surface area contributed by atoms with Gasteiger partial charge in [-0.1, -0.05) is 18.7 Å². The summed E-state index contributed by atoms with van der Waals surface area (Å²) in [6.07, 6.45) is 1.77. The molecule has 0 fully saturated rings. The highest BCUT2D eigenvalue weighted by Crippen LogP contribution is 2.28. The molecule has 1 aliphatic rings. The normalized spacial score (nSPS) is 20.0. The van der Waals surface area contributed by atoms with Gasteiger partial charge in [-0.05, 0) is 17.7 Å². The molecule has 0 spiro atoms. The fourth-order valence-corrected chi connectivity index (χ4v) is 2.51. The van der Waals surface area contributed by atoms with Gasteiger partial charge in [-0.3, -0.25) is 0 Å². The summed E-state index contributed by atoms with van der Waals surface area (Å²) in [7, 11) is 0. The van der Waals surface area contributed by atoms with Crippen molar-refractivity contribution in [3.05, 3.63) is 30.3 Å². The van der Waals surface area contributed by atoms with Crippen LogP contribution in [0.1, 0.15) is 5.56 Å². The maximum Gasteiger partial charge on any atom is 0.161 e. The van der Waals surface area contributed by atoms with Crippen molar-refractivity contribution in [3.8, 4) is 11.5 Å². The Hall–Kier alpha value is -1.68. The third kappa shape index (κ3) is 11.5. The Labute approximate surface area is 178 Å². The highest BCUT2D eigenvalue weighted by molar-refractivity contribution is 5.54. The number of hydrogen-bond acceptors (Lipinski definition) is 8. The molecule has 2 rings (SSSR count). The van der Waals surface area contributed by atoms with Gasteiger partial charge in [0.05, 0.1) is 79.3 Å². The Bertz CT molecular complexity index is 566. The maximum atomic E-state index is 5.84. The summed E-state index contributed by atoms with van der Waals surface area (Å²) < 4.78 is 44.5. The minimum Gasteiger partial charge on any atom is -0.487 e. The zero-order valence-corrected chi connectivity index (χ0v) is 17.7. The molecule has 0 N–H and O–H groups in total. The van der Waals surface area contributed by atoms with E-state index in [0.29, 0.717) is 104 Å². The first-order valence-corrected chi connectivity index (χ1v) is 10.4. The summed E-state index contributed by atoms with van der Waals surface area (Å²) >= 11 is 0. The van der Waals surface area contributed by atoms with Crippen molar-refractivity contribution >= 4 is 6.08 Å². The molecule has 0 unspecified atom stereocenters. The van der Waals surface area contributed by atoms with Crippen molar-refractivity contribution in [2.45, 2.75) is 0 Å². The third-order valence-corrected chi connectivity index (χ3v) is 4.03. The monoisotopic (exact) mass is 426 g/mol. The van der Waals surface area contributed by atoms with Crippen molar-refractivity contribution in [2.24, 2.45) is 0 Å². The predicted molar refractivity (Wildman–Crippen MR) is 112 cm³/mol. The smallest absolute Gasteiger partial charge is 0.161 e. The minimum atomic E-state index is 0.411. The van der Waals surface area contributed by atoms with Crippen LogP contribution in [0.15, 0.2) is 24.8 Å². The van der Waals surface area contributed by atoms with E-state index >= 15 is 0 Å². The molecule has 0 aromatic heterocycles. The van der Waals surface area contributed by atoms with E-state index in [1.54, 1.807) is 6.08 Å². The standard InChI is InChI=1S/C22H34O8/c1-2-20-3-4-21-22(19-20)30-18-16-28-14-12-26-10-8-24-6-5-23-7-9-25-11-13-27-15-17-29-21/h2-4,19H,1,5-18H2. The lowest BCUT2D eigenvalue weighted by molar-refractivity contribution is -0.0193. The molecule has 0 radical (unpaired) electrons. The fraction of sp³-hybridized carbons (Fsp3) is 0.636. The van der Waals surface area contributed by atoms with Crippen LogP contribution in [0.2, 0.25) is 0 Å². The topological polar surface area (TPSA) is 73.8 Å². The van der Waals surface area contributed by atoms with Crippen LogP contribution < -0.4 is 9.47 Å². The molecular weight excluding hydrogens is 392 g/mol. The largest absolute Gasteiger partial charge is 0.487 e. The maximum absolute atomic E-state index is 5.84.